The molecule has 1 saturated heterocycles. The van der Waals surface area contributed by atoms with E-state index in [1.165, 1.54) is 4.90 Å². The third-order valence-corrected chi connectivity index (χ3v) is 7.45. The Morgan fingerprint density at radius 2 is 1.64 bits per heavy atom. The Hall–Kier alpha value is -2.45. The first-order chi connectivity index (χ1) is 17.0. The van der Waals surface area contributed by atoms with E-state index in [9.17, 15) is 24.0 Å². The molecule has 3 atom stereocenters. The number of ether oxygens (including phenoxy) is 1. The highest BCUT2D eigenvalue weighted by Gasteiger charge is 2.41. The zero-order valence-electron chi connectivity index (χ0n) is 22.6. The lowest BCUT2D eigenvalue weighted by Crippen LogP contribution is -2.57. The molecule has 1 aliphatic heterocycles. The van der Waals surface area contributed by atoms with Gasteiger partial charge < -0.3 is 20.3 Å². The first kappa shape index (κ1) is 29.8. The number of carbonyl (C=O) groups excluding carboxylic acids is 5. The zero-order valence-corrected chi connectivity index (χ0v) is 22.6. The molecule has 1 saturated carbocycles. The van der Waals surface area contributed by atoms with E-state index < -0.39 is 41.5 Å². The van der Waals surface area contributed by atoms with E-state index >= 15 is 0 Å². The third kappa shape index (κ3) is 8.59. The van der Waals surface area contributed by atoms with Crippen molar-refractivity contribution in [3.05, 3.63) is 0 Å². The number of carbonyl (C=O) groups is 5. The van der Waals surface area contributed by atoms with Gasteiger partial charge in [0.2, 0.25) is 17.6 Å². The van der Waals surface area contributed by atoms with Crippen molar-refractivity contribution in [3.63, 3.8) is 0 Å². The van der Waals surface area contributed by atoms with Gasteiger partial charge in [0.1, 0.15) is 17.7 Å². The number of nitrogens with one attached hydrogen (secondary N) is 2. The van der Waals surface area contributed by atoms with Gasteiger partial charge in [-0.05, 0) is 64.2 Å². The molecule has 3 amide bonds. The van der Waals surface area contributed by atoms with Crippen molar-refractivity contribution in [2.24, 2.45) is 11.8 Å². The van der Waals surface area contributed by atoms with Gasteiger partial charge in [0.25, 0.3) is 0 Å². The largest absolute Gasteiger partial charge is 0.444 e. The van der Waals surface area contributed by atoms with Crippen LogP contribution in [0.25, 0.3) is 0 Å². The summed E-state index contributed by atoms with van der Waals surface area (Å²) in [6.07, 6.45) is 7.51. The van der Waals surface area contributed by atoms with Crippen LogP contribution in [0.5, 0.6) is 0 Å². The number of amides is 3. The van der Waals surface area contributed by atoms with E-state index in [1.807, 2.05) is 34.6 Å². The predicted octanol–water partition coefficient (Wildman–Crippen LogP) is 3.53. The van der Waals surface area contributed by atoms with E-state index in [1.54, 1.807) is 0 Å². The van der Waals surface area contributed by atoms with Crippen molar-refractivity contribution < 1.29 is 28.7 Å². The molecule has 2 fully saturated rings. The molecule has 3 unspecified atom stereocenters. The first-order valence-electron chi connectivity index (χ1n) is 13.6. The van der Waals surface area contributed by atoms with Crippen molar-refractivity contribution in [2.45, 2.75) is 123 Å². The van der Waals surface area contributed by atoms with Gasteiger partial charge >= 0.3 is 6.09 Å². The maximum atomic E-state index is 13.8. The van der Waals surface area contributed by atoms with Gasteiger partial charge in [-0.3, -0.25) is 19.2 Å². The number of rotatable bonds is 11. The molecule has 1 heterocycles. The summed E-state index contributed by atoms with van der Waals surface area (Å²) >= 11 is 0. The molecule has 0 aromatic heterocycles. The van der Waals surface area contributed by atoms with Crippen LogP contribution in [0.2, 0.25) is 0 Å². The van der Waals surface area contributed by atoms with Crippen molar-refractivity contribution in [3.8, 4) is 0 Å². The Kier molecular flexibility index (Phi) is 11.4. The molecule has 0 radical (unpaired) electrons. The number of aldehydes is 1. The number of alkyl carbamates (subject to hydrolysis) is 1. The van der Waals surface area contributed by atoms with Crippen LogP contribution in [0, 0.1) is 11.8 Å². The predicted molar refractivity (Wildman–Crippen MR) is 136 cm³/mol. The Bertz CT molecular complexity index is 788. The van der Waals surface area contributed by atoms with Crippen molar-refractivity contribution in [1.82, 2.24) is 15.5 Å². The summed E-state index contributed by atoms with van der Waals surface area (Å²) in [7, 11) is 0. The Labute approximate surface area is 215 Å². The minimum Gasteiger partial charge on any atom is -0.444 e. The Morgan fingerprint density at radius 1 is 1.00 bits per heavy atom. The Balaban J connectivity index is 2.22. The van der Waals surface area contributed by atoms with Crippen LogP contribution in [0.1, 0.15) is 98.8 Å². The van der Waals surface area contributed by atoms with Crippen LogP contribution in [-0.2, 0) is 23.9 Å². The molecule has 2 N–H and O–H groups in total. The van der Waals surface area contributed by atoms with Gasteiger partial charge in [0, 0.05) is 6.54 Å². The van der Waals surface area contributed by atoms with Gasteiger partial charge in [0.05, 0.1) is 6.04 Å². The number of hydrogen-bond acceptors (Lipinski definition) is 6. The van der Waals surface area contributed by atoms with E-state index in [0.717, 1.165) is 38.5 Å². The first-order valence-corrected chi connectivity index (χ1v) is 13.6. The summed E-state index contributed by atoms with van der Waals surface area (Å²) < 4.78 is 5.58. The summed E-state index contributed by atoms with van der Waals surface area (Å²) in [5.74, 6) is -1.33. The second-order valence-corrected chi connectivity index (χ2v) is 11.3. The van der Waals surface area contributed by atoms with Gasteiger partial charge in [-0.25, -0.2) is 4.79 Å². The average molecular weight is 508 g/mol. The summed E-state index contributed by atoms with van der Waals surface area (Å²) in [5, 5.41) is 5.56. The SMILES string of the molecule is CCC(C)(C)OC(=O)NC(C(=O)N1CCCC1C(=O)NC(CC(C)C)C(=O)C=O)C1CCCCCC1. The number of ketones is 1. The van der Waals surface area contributed by atoms with Crippen molar-refractivity contribution >= 4 is 30.0 Å². The summed E-state index contributed by atoms with van der Waals surface area (Å²) in [6.45, 7) is 9.79. The lowest BCUT2D eigenvalue weighted by molar-refractivity contribution is -0.142. The minimum absolute atomic E-state index is 0.0352. The average Bonchev–Trinajstić information content (AvgIpc) is 3.16. The monoisotopic (exact) mass is 507 g/mol. The van der Waals surface area contributed by atoms with Gasteiger partial charge in [0.15, 0.2) is 6.29 Å². The molecule has 1 aliphatic carbocycles. The highest BCUT2D eigenvalue weighted by Crippen LogP contribution is 2.29. The molecule has 36 heavy (non-hydrogen) atoms. The molecule has 2 aliphatic rings. The standard InChI is InChI=1S/C27H45N3O6/c1-6-27(4,5)36-26(35)29-23(19-12-9-7-8-10-13-19)25(34)30-15-11-14-21(30)24(33)28-20(16-18(2)3)22(32)17-31/h17-21,23H,6-16H2,1-5H3,(H,28,33)(H,29,35). The molecular formula is C27H45N3O6. The third-order valence-electron chi connectivity index (χ3n) is 7.45. The van der Waals surface area contributed by atoms with Crippen molar-refractivity contribution in [1.29, 1.82) is 0 Å². The highest BCUT2D eigenvalue weighted by molar-refractivity contribution is 6.28. The van der Waals surface area contributed by atoms with E-state index in [4.69, 9.17) is 4.74 Å². The molecule has 0 bridgehead atoms. The lowest BCUT2D eigenvalue weighted by Gasteiger charge is -2.34. The number of nitrogens with zero attached hydrogens (tertiary/aromatic N) is 1. The van der Waals surface area contributed by atoms with Crippen LogP contribution in [0.3, 0.4) is 0 Å². The number of Topliss-reactive ketones (excluding diaryl/α,β-unsaturated/α-hetero) is 1. The topological polar surface area (TPSA) is 122 Å². The lowest BCUT2D eigenvalue weighted by atomic mass is 9.90. The molecular weight excluding hydrogens is 462 g/mol. The van der Waals surface area contributed by atoms with Crippen LogP contribution < -0.4 is 10.6 Å². The summed E-state index contributed by atoms with van der Waals surface area (Å²) in [6, 6.07) is -2.43. The fraction of sp³-hybridized carbons (Fsp3) is 0.815. The van der Waals surface area contributed by atoms with Gasteiger partial charge in [-0.1, -0.05) is 46.5 Å². The van der Waals surface area contributed by atoms with Crippen LogP contribution in [0.4, 0.5) is 4.79 Å². The van der Waals surface area contributed by atoms with Gasteiger partial charge in [-0.2, -0.15) is 0 Å². The second kappa shape index (κ2) is 13.7. The molecule has 0 aromatic rings. The normalized spacial score (nSPS) is 20.8. The van der Waals surface area contributed by atoms with E-state index in [0.29, 0.717) is 32.2 Å². The molecule has 0 aromatic carbocycles. The summed E-state index contributed by atoms with van der Waals surface area (Å²) in [5.41, 5.74) is -0.659. The van der Waals surface area contributed by atoms with Crippen LogP contribution in [-0.4, -0.2) is 65.1 Å². The fourth-order valence-electron chi connectivity index (χ4n) is 5.05. The maximum absolute atomic E-state index is 13.8. The molecule has 204 valence electrons. The zero-order chi connectivity index (χ0) is 26.9. The van der Waals surface area contributed by atoms with Crippen molar-refractivity contribution in [2.75, 3.05) is 6.54 Å². The van der Waals surface area contributed by atoms with Crippen LogP contribution >= 0.6 is 0 Å². The number of hydrogen-bond donors (Lipinski definition) is 2. The van der Waals surface area contributed by atoms with E-state index in [2.05, 4.69) is 10.6 Å². The summed E-state index contributed by atoms with van der Waals surface area (Å²) in [4.78, 5) is 64.6. The fourth-order valence-corrected chi connectivity index (χ4v) is 5.05. The van der Waals surface area contributed by atoms with Gasteiger partial charge in [-0.15, -0.1) is 0 Å². The quantitative estimate of drug-likeness (QED) is 0.251. The second-order valence-electron chi connectivity index (χ2n) is 11.3. The molecule has 0 spiro atoms. The smallest absolute Gasteiger partial charge is 0.408 e. The minimum atomic E-state index is -0.908. The molecule has 9 heteroatoms. The molecule has 2 rings (SSSR count). The molecule has 9 nitrogen and oxygen atoms in total. The van der Waals surface area contributed by atoms with Crippen LogP contribution in [0.15, 0.2) is 0 Å². The number of likely N-dealkylation sites (tertiary alicyclic amines) is 1. The maximum Gasteiger partial charge on any atom is 0.408 e. The highest BCUT2D eigenvalue weighted by atomic mass is 16.6. The van der Waals surface area contributed by atoms with E-state index in [-0.39, 0.29) is 24.0 Å². The Morgan fingerprint density at radius 3 is 2.19 bits per heavy atom.